The molecule has 1 aliphatic heterocycles. The number of aliphatic hydroxyl groups excluding tert-OH is 1. The summed E-state index contributed by atoms with van der Waals surface area (Å²) in [6.45, 7) is 6.86. The fourth-order valence-corrected chi connectivity index (χ4v) is 2.57. The van der Waals surface area contributed by atoms with Gasteiger partial charge in [-0.1, -0.05) is 30.3 Å². The molecule has 1 aliphatic rings. The van der Waals surface area contributed by atoms with Crippen LogP contribution < -0.4 is 0 Å². The van der Waals surface area contributed by atoms with Crippen molar-refractivity contribution < 1.29 is 19.4 Å². The minimum atomic E-state index is -0.578. The van der Waals surface area contributed by atoms with Crippen LogP contribution in [-0.2, 0) is 16.1 Å². The molecule has 1 aromatic rings. The van der Waals surface area contributed by atoms with Crippen LogP contribution in [0.5, 0.6) is 0 Å². The Morgan fingerprint density at radius 2 is 1.95 bits per heavy atom. The van der Waals surface area contributed by atoms with Crippen molar-refractivity contribution in [2.24, 2.45) is 0 Å². The van der Waals surface area contributed by atoms with Crippen LogP contribution in [0.4, 0.5) is 4.79 Å². The number of carbonyl (C=O) groups excluding carboxylic acids is 1. The molecule has 1 fully saturated rings. The predicted molar refractivity (Wildman–Crippen MR) is 83.4 cm³/mol. The van der Waals surface area contributed by atoms with Gasteiger partial charge in [0.25, 0.3) is 0 Å². The minimum absolute atomic E-state index is 0.173. The Balaban J connectivity index is 1.88. The van der Waals surface area contributed by atoms with Crippen molar-refractivity contribution in [1.29, 1.82) is 0 Å². The second-order valence-electron chi connectivity index (χ2n) is 6.69. The van der Waals surface area contributed by atoms with Crippen molar-refractivity contribution >= 4 is 6.09 Å². The van der Waals surface area contributed by atoms with Crippen LogP contribution in [0.15, 0.2) is 30.3 Å². The number of carbonyl (C=O) groups is 1. The molecule has 2 rings (SSSR count). The SMILES string of the molecule is CC(C)(C)O[C@@H]1C[C@H](O)CN(C(=O)OCc2ccccc2)C1. The van der Waals surface area contributed by atoms with Crippen molar-refractivity contribution in [2.75, 3.05) is 13.1 Å². The van der Waals surface area contributed by atoms with E-state index >= 15 is 0 Å². The van der Waals surface area contributed by atoms with Crippen LogP contribution in [0, 0.1) is 0 Å². The van der Waals surface area contributed by atoms with Gasteiger partial charge in [0.05, 0.1) is 30.9 Å². The summed E-state index contributed by atoms with van der Waals surface area (Å²) < 4.78 is 11.2. The molecule has 1 aromatic carbocycles. The molecule has 1 saturated heterocycles. The molecule has 122 valence electrons. The van der Waals surface area contributed by atoms with Gasteiger partial charge >= 0.3 is 6.09 Å². The fraction of sp³-hybridized carbons (Fsp3) is 0.588. The molecule has 0 aliphatic carbocycles. The Morgan fingerprint density at radius 1 is 1.27 bits per heavy atom. The van der Waals surface area contributed by atoms with Crippen molar-refractivity contribution in [1.82, 2.24) is 4.90 Å². The molecule has 2 atom stereocenters. The zero-order chi connectivity index (χ0) is 16.2. The zero-order valence-corrected chi connectivity index (χ0v) is 13.5. The number of benzene rings is 1. The van der Waals surface area contributed by atoms with Crippen LogP contribution in [0.25, 0.3) is 0 Å². The molecule has 5 heteroatoms. The number of β-amino-alcohol motifs (C(OH)–C–C–N with tert-alkyl or cyclic N) is 1. The van der Waals surface area contributed by atoms with Crippen LogP contribution in [0.3, 0.4) is 0 Å². The number of likely N-dealkylation sites (tertiary alicyclic amines) is 1. The topological polar surface area (TPSA) is 59.0 Å². The number of amides is 1. The first-order valence-electron chi connectivity index (χ1n) is 7.65. The molecular weight excluding hydrogens is 282 g/mol. The quantitative estimate of drug-likeness (QED) is 0.932. The first kappa shape index (κ1) is 16.8. The molecule has 1 heterocycles. The van der Waals surface area contributed by atoms with Gasteiger partial charge in [-0.15, -0.1) is 0 Å². The third-order valence-corrected chi connectivity index (χ3v) is 3.37. The smallest absolute Gasteiger partial charge is 0.410 e. The summed E-state index contributed by atoms with van der Waals surface area (Å²) in [6, 6.07) is 9.54. The summed E-state index contributed by atoms with van der Waals surface area (Å²) in [5.74, 6) is 0. The highest BCUT2D eigenvalue weighted by Gasteiger charge is 2.32. The molecule has 0 unspecified atom stereocenters. The van der Waals surface area contributed by atoms with Crippen molar-refractivity contribution in [2.45, 2.75) is 51.6 Å². The van der Waals surface area contributed by atoms with Crippen LogP contribution in [-0.4, -0.2) is 47.0 Å². The van der Waals surface area contributed by atoms with Crippen LogP contribution >= 0.6 is 0 Å². The number of hydrogen-bond acceptors (Lipinski definition) is 4. The molecule has 0 aromatic heterocycles. The number of nitrogens with zero attached hydrogens (tertiary/aromatic N) is 1. The Morgan fingerprint density at radius 3 is 2.59 bits per heavy atom. The van der Waals surface area contributed by atoms with E-state index < -0.39 is 12.2 Å². The van der Waals surface area contributed by atoms with Crippen LogP contribution in [0.2, 0.25) is 0 Å². The Labute approximate surface area is 131 Å². The van der Waals surface area contributed by atoms with E-state index in [0.717, 1.165) is 5.56 Å². The molecular formula is C17H25NO4. The van der Waals surface area contributed by atoms with Gasteiger partial charge < -0.3 is 19.5 Å². The lowest BCUT2D eigenvalue weighted by molar-refractivity contribution is -0.106. The lowest BCUT2D eigenvalue weighted by Gasteiger charge is -2.37. The number of aliphatic hydroxyl groups is 1. The summed E-state index contributed by atoms with van der Waals surface area (Å²) in [6.07, 6.45) is -0.622. The second-order valence-corrected chi connectivity index (χ2v) is 6.69. The van der Waals surface area contributed by atoms with Gasteiger partial charge in [-0.3, -0.25) is 0 Å². The molecule has 0 bridgehead atoms. The Hall–Kier alpha value is -1.59. The monoisotopic (exact) mass is 307 g/mol. The van der Waals surface area contributed by atoms with Crippen molar-refractivity contribution in [3.05, 3.63) is 35.9 Å². The Kier molecular flexibility index (Phi) is 5.42. The first-order chi connectivity index (χ1) is 10.3. The molecule has 1 amide bonds. The maximum atomic E-state index is 12.2. The lowest BCUT2D eigenvalue weighted by atomic mass is 10.0. The average molecular weight is 307 g/mol. The van der Waals surface area contributed by atoms with Gasteiger partial charge in [0.15, 0.2) is 0 Å². The fourth-order valence-electron chi connectivity index (χ4n) is 2.57. The summed E-state index contributed by atoms with van der Waals surface area (Å²) in [4.78, 5) is 13.7. The standard InChI is InChI=1S/C17H25NO4/c1-17(2,3)22-15-9-14(19)10-18(11-15)16(20)21-12-13-7-5-4-6-8-13/h4-8,14-15,19H,9-12H2,1-3H3/t14-,15+/m0/s1. The summed E-state index contributed by atoms with van der Waals surface area (Å²) in [5.41, 5.74) is 0.636. The van der Waals surface area contributed by atoms with Gasteiger partial charge in [-0.2, -0.15) is 0 Å². The molecule has 22 heavy (non-hydrogen) atoms. The largest absolute Gasteiger partial charge is 0.445 e. The van der Waals surface area contributed by atoms with Crippen LogP contribution in [0.1, 0.15) is 32.8 Å². The highest BCUT2D eigenvalue weighted by molar-refractivity contribution is 5.67. The normalized spacial score (nSPS) is 22.5. The first-order valence-corrected chi connectivity index (χ1v) is 7.65. The average Bonchev–Trinajstić information content (AvgIpc) is 2.43. The number of rotatable bonds is 3. The number of piperidine rings is 1. The van der Waals surface area contributed by atoms with Crippen molar-refractivity contribution in [3.63, 3.8) is 0 Å². The molecule has 1 N–H and O–H groups in total. The molecule has 0 saturated carbocycles. The second kappa shape index (κ2) is 7.11. The third-order valence-electron chi connectivity index (χ3n) is 3.37. The summed E-state index contributed by atoms with van der Waals surface area (Å²) in [7, 11) is 0. The molecule has 5 nitrogen and oxygen atoms in total. The van der Waals surface area contributed by atoms with Gasteiger partial charge in [-0.25, -0.2) is 4.79 Å². The molecule has 0 radical (unpaired) electrons. The van der Waals surface area contributed by atoms with Gasteiger partial charge in [-0.05, 0) is 26.3 Å². The van der Waals surface area contributed by atoms with E-state index in [-0.39, 0.29) is 24.9 Å². The van der Waals surface area contributed by atoms with E-state index in [1.807, 2.05) is 51.1 Å². The number of hydrogen-bond donors (Lipinski definition) is 1. The van der Waals surface area contributed by atoms with Gasteiger partial charge in [0.2, 0.25) is 0 Å². The van der Waals surface area contributed by atoms with E-state index in [2.05, 4.69) is 0 Å². The summed E-state index contributed by atoms with van der Waals surface area (Å²) in [5, 5.41) is 9.95. The number of ether oxygens (including phenoxy) is 2. The highest BCUT2D eigenvalue weighted by Crippen LogP contribution is 2.20. The highest BCUT2D eigenvalue weighted by atomic mass is 16.6. The maximum absolute atomic E-state index is 12.2. The minimum Gasteiger partial charge on any atom is -0.445 e. The lowest BCUT2D eigenvalue weighted by Crippen LogP contribution is -2.50. The van der Waals surface area contributed by atoms with E-state index in [4.69, 9.17) is 9.47 Å². The third kappa shape index (κ3) is 5.31. The predicted octanol–water partition coefficient (Wildman–Crippen LogP) is 2.57. The zero-order valence-electron chi connectivity index (χ0n) is 13.5. The maximum Gasteiger partial charge on any atom is 0.410 e. The van der Waals surface area contributed by atoms with Gasteiger partial charge in [0, 0.05) is 6.42 Å². The van der Waals surface area contributed by atoms with E-state index in [1.54, 1.807) is 0 Å². The van der Waals surface area contributed by atoms with E-state index in [1.165, 1.54) is 4.90 Å². The van der Waals surface area contributed by atoms with Crippen molar-refractivity contribution in [3.8, 4) is 0 Å². The van der Waals surface area contributed by atoms with Gasteiger partial charge in [0.1, 0.15) is 6.61 Å². The van der Waals surface area contributed by atoms with E-state index in [9.17, 15) is 9.90 Å². The summed E-state index contributed by atoms with van der Waals surface area (Å²) >= 11 is 0. The van der Waals surface area contributed by atoms with E-state index in [0.29, 0.717) is 13.0 Å². The molecule has 0 spiro atoms. The Bertz CT molecular complexity index is 483.